The van der Waals surface area contributed by atoms with E-state index in [0.717, 1.165) is 134 Å². The van der Waals surface area contributed by atoms with E-state index in [1.807, 2.05) is 60.7 Å². The average Bonchev–Trinajstić information content (AvgIpc) is 0.952. The van der Waals surface area contributed by atoms with Gasteiger partial charge in [0.05, 0.1) is 51.8 Å². The summed E-state index contributed by atoms with van der Waals surface area (Å²) in [5, 5.41) is 11.6. The van der Waals surface area contributed by atoms with Crippen LogP contribution in [0.3, 0.4) is 0 Å². The molecule has 0 unspecified atom stereocenters. The van der Waals surface area contributed by atoms with Crippen LogP contribution in [0.5, 0.6) is 0 Å². The predicted octanol–water partition coefficient (Wildman–Crippen LogP) is 20.6. The Hall–Kier alpha value is -11.7. The van der Waals surface area contributed by atoms with Crippen molar-refractivity contribution in [3.63, 3.8) is 0 Å². The van der Waals surface area contributed by atoms with Gasteiger partial charge in [-0.3, -0.25) is 0 Å². The Morgan fingerprint density at radius 2 is 0.878 bits per heavy atom. The second kappa shape index (κ2) is 21.6. The number of aromatic nitrogens is 1. The predicted molar refractivity (Wildman–Crippen MR) is 377 cm³/mol. The fourth-order valence-electron chi connectivity index (χ4n) is 13.9. The minimum absolute atomic E-state index is 0.0984. The minimum atomic E-state index is -0.474. The van der Waals surface area contributed by atoms with Crippen molar-refractivity contribution in [3.8, 4) is 78.5 Å². The molecule has 0 bridgehead atoms. The number of anilines is 6. The molecular weight excluding hydrogens is 1090 g/mol. The number of nitrogens with zero attached hydrogens (tertiary/aromatic N) is 5. The third-order valence-corrected chi connectivity index (χ3v) is 18.1. The zero-order valence-corrected chi connectivity index (χ0v) is 49.8. The first-order valence-corrected chi connectivity index (χ1v) is 30.4. The molecule has 2 aliphatic rings. The first-order chi connectivity index (χ1) is 45.9. The number of hydrogen-bond donors (Lipinski definition) is 0. The van der Waals surface area contributed by atoms with E-state index in [9.17, 15) is 10.7 Å². The second-order valence-corrected chi connectivity index (χ2v) is 24.3. The van der Waals surface area contributed by atoms with Crippen molar-refractivity contribution in [3.05, 3.63) is 320 Å². The Kier molecular flexibility index (Phi) is 11.9. The normalized spacial score (nSPS) is 12.9. The van der Waals surface area contributed by atoms with Crippen molar-refractivity contribution >= 4 is 84.7 Å². The second-order valence-electron chi connectivity index (χ2n) is 24.3. The van der Waals surface area contributed by atoms with Gasteiger partial charge in [0.25, 0.3) is 6.71 Å². The zero-order valence-electron chi connectivity index (χ0n) is 53.8. The number of rotatable bonds is 9. The number of nitriles is 1. The molecule has 0 fully saturated rings. The minimum Gasteiger partial charge on any atom is -0.310 e. The molecule has 14 aromatic rings. The lowest BCUT2D eigenvalue weighted by Gasteiger charge is -2.46. The molecule has 0 saturated heterocycles. The summed E-state index contributed by atoms with van der Waals surface area (Å²) in [5.41, 5.74) is 23.9. The Balaban J connectivity index is 1.14. The molecule has 3 heterocycles. The van der Waals surface area contributed by atoms with Gasteiger partial charge < -0.3 is 14.4 Å². The molecule has 0 N–H and O–H groups in total. The van der Waals surface area contributed by atoms with Crippen LogP contribution in [0.15, 0.2) is 297 Å². The van der Waals surface area contributed by atoms with Gasteiger partial charge in [0, 0.05) is 55.8 Å². The van der Waals surface area contributed by atoms with Crippen LogP contribution in [0.2, 0.25) is 0 Å². The number of fused-ring (bicyclic) bond motifs is 7. The molecule has 1 aromatic heterocycles. The van der Waals surface area contributed by atoms with E-state index in [2.05, 4.69) is 258 Å². The molecule has 13 aromatic carbocycles. The van der Waals surface area contributed by atoms with Gasteiger partial charge in [0.1, 0.15) is 0 Å². The van der Waals surface area contributed by atoms with Crippen LogP contribution in [0.25, 0.3) is 99.1 Å². The summed E-state index contributed by atoms with van der Waals surface area (Å²) >= 11 is 0. The quantitative estimate of drug-likeness (QED) is 0.107. The maximum atomic E-state index is 10.4. The highest BCUT2D eigenvalue weighted by atomic mass is 15.2. The third-order valence-electron chi connectivity index (χ3n) is 18.1. The summed E-state index contributed by atoms with van der Waals surface area (Å²) in [6.45, 7) is 14.2. The highest BCUT2D eigenvalue weighted by Crippen LogP contribution is 2.54. The maximum absolute atomic E-state index is 10.4. The Labute approximate surface area is 531 Å². The molecule has 0 spiro atoms. The molecule has 0 amide bonds. The zero-order chi connectivity index (χ0) is 64.1. The third kappa shape index (κ3) is 8.92. The van der Waals surface area contributed by atoms with Crippen molar-refractivity contribution < 1.29 is 5.48 Å². The molecule has 2 aliphatic heterocycles. The number of para-hydroxylation sites is 3. The van der Waals surface area contributed by atoms with E-state index in [1.165, 1.54) is 0 Å². The highest BCUT2D eigenvalue weighted by Gasteiger charge is 2.46. The lowest BCUT2D eigenvalue weighted by molar-refractivity contribution is 0.591. The highest BCUT2D eigenvalue weighted by molar-refractivity contribution is 7.00. The van der Waals surface area contributed by atoms with E-state index in [4.69, 9.17) is 6.57 Å². The lowest BCUT2D eigenvalue weighted by atomic mass is 9.33. The standard InChI is InChI=1S/C84H58BN5/c1-84(2,3)64-43-46-76-72(51-64)71-35-17-18-40-75(71)88(76)66-52-79-81-80(53-66)90(83-69(58-28-13-7-14-29-58)38-22-39-70(83)59-30-15-8-16-31-59)78-45-42-63(61-33-20-34-65(48-61)87-4)50-74(78)85(81)73-49-62(60-32-19-23-55(47-60)54-86)41-44-77(73)89(79)82-67(56-24-9-5-10-25-56)36-21-37-68(82)57-26-11-6-12-27-57/h5-53H,1-3H3/i17D,18D,35D,40D. The van der Waals surface area contributed by atoms with E-state index in [0.29, 0.717) is 27.8 Å². The van der Waals surface area contributed by atoms with Gasteiger partial charge in [-0.1, -0.05) is 257 Å². The Bertz CT molecular complexity index is 5140. The van der Waals surface area contributed by atoms with Crippen LogP contribution < -0.4 is 26.2 Å². The largest absolute Gasteiger partial charge is 0.310 e. The molecule has 5 nitrogen and oxygen atoms in total. The van der Waals surface area contributed by atoms with Crippen LogP contribution in [0, 0.1) is 17.9 Å². The molecular formula is C84H58BN5. The number of benzene rings is 13. The van der Waals surface area contributed by atoms with Crippen molar-refractivity contribution in [2.75, 3.05) is 9.80 Å². The molecule has 0 aliphatic carbocycles. The first kappa shape index (κ1) is 49.4. The van der Waals surface area contributed by atoms with E-state index < -0.39 is 6.71 Å². The van der Waals surface area contributed by atoms with Gasteiger partial charge in [-0.15, -0.1) is 0 Å². The summed E-state index contributed by atoms with van der Waals surface area (Å²) in [6, 6.07) is 97.0. The van der Waals surface area contributed by atoms with Crippen LogP contribution in [0.1, 0.15) is 37.4 Å². The van der Waals surface area contributed by atoms with Gasteiger partial charge in [0.2, 0.25) is 0 Å². The van der Waals surface area contributed by atoms with Crippen molar-refractivity contribution in [2.45, 2.75) is 26.2 Å². The van der Waals surface area contributed by atoms with Crippen LogP contribution in [-0.4, -0.2) is 11.3 Å². The number of hydrogen-bond acceptors (Lipinski definition) is 3. The van der Waals surface area contributed by atoms with E-state index >= 15 is 0 Å². The summed E-state index contributed by atoms with van der Waals surface area (Å²) in [5.74, 6) is 0. The van der Waals surface area contributed by atoms with Crippen molar-refractivity contribution in [2.24, 2.45) is 0 Å². The summed E-state index contributed by atoms with van der Waals surface area (Å²) < 4.78 is 40.6. The summed E-state index contributed by atoms with van der Waals surface area (Å²) in [7, 11) is 0. The van der Waals surface area contributed by atoms with Crippen LogP contribution in [0.4, 0.5) is 39.8 Å². The monoisotopic (exact) mass is 1150 g/mol. The van der Waals surface area contributed by atoms with Crippen molar-refractivity contribution in [1.29, 1.82) is 5.26 Å². The van der Waals surface area contributed by atoms with Gasteiger partial charge in [-0.25, -0.2) is 4.85 Å². The topological polar surface area (TPSA) is 39.6 Å². The molecule has 6 heteroatoms. The Morgan fingerprint density at radius 3 is 1.37 bits per heavy atom. The van der Waals surface area contributed by atoms with Gasteiger partial charge in [-0.2, -0.15) is 5.26 Å². The lowest BCUT2D eigenvalue weighted by Crippen LogP contribution is -2.61. The molecule has 0 atom stereocenters. The van der Waals surface area contributed by atoms with Crippen LogP contribution in [-0.2, 0) is 5.41 Å². The Morgan fingerprint density at radius 1 is 0.422 bits per heavy atom. The molecule has 0 saturated carbocycles. The summed E-state index contributed by atoms with van der Waals surface area (Å²) in [6.07, 6.45) is 0. The first-order valence-electron chi connectivity index (χ1n) is 32.4. The maximum Gasteiger partial charge on any atom is 0.252 e. The van der Waals surface area contributed by atoms with Crippen LogP contribution >= 0.6 is 0 Å². The van der Waals surface area contributed by atoms with Crippen molar-refractivity contribution in [1.82, 2.24) is 4.57 Å². The smallest absolute Gasteiger partial charge is 0.252 e. The fourth-order valence-corrected chi connectivity index (χ4v) is 13.9. The van der Waals surface area contributed by atoms with Gasteiger partial charge in [-0.05, 0) is 133 Å². The van der Waals surface area contributed by atoms with E-state index in [1.54, 1.807) is 0 Å². The molecule has 422 valence electrons. The molecule has 0 radical (unpaired) electrons. The average molecular weight is 1150 g/mol. The molecule has 16 rings (SSSR count). The van der Waals surface area contributed by atoms with Gasteiger partial charge in [0.15, 0.2) is 5.69 Å². The van der Waals surface area contributed by atoms with Gasteiger partial charge >= 0.3 is 0 Å². The van der Waals surface area contributed by atoms with E-state index in [-0.39, 0.29) is 29.6 Å². The SMILES string of the molecule is [2H]c1c([2H])c([2H])c2c(c1[2H])c1cc(C(C)(C)C)ccc1n2-c1cc2c3c(c1)N(c1c(-c4ccccc4)cccc1-c1ccccc1)c1ccc(-c4cccc([N+]#[C-])c4)cc1B3c1cc(-c3cccc(C#N)c3)ccc1N2c1c(-c2ccccc2)cccc1-c1ccccc1. The summed E-state index contributed by atoms with van der Waals surface area (Å²) in [4.78, 5) is 8.83. The molecule has 90 heavy (non-hydrogen) atoms. The fraction of sp³-hybridized carbons (Fsp3) is 0.0476.